The number of halogens is 1. The zero-order chi connectivity index (χ0) is 18.8. The highest BCUT2D eigenvalue weighted by molar-refractivity contribution is 6.32. The van der Waals surface area contributed by atoms with Gasteiger partial charge in [0.25, 0.3) is 0 Å². The van der Waals surface area contributed by atoms with Gasteiger partial charge >= 0.3 is 0 Å². The standard InChI is InChI=1S/C21H19ClN4O/c22-18-11-16(7-9-20(18)27-12-14-4-2-1-3-5-14)26-13-25-19-8-6-15(23)10-17(19)21(26)24/h1-11,13,21H,12,23-24H2. The zero-order valence-electron chi connectivity index (χ0n) is 14.5. The second-order valence-electron chi connectivity index (χ2n) is 6.30. The van der Waals surface area contributed by atoms with Crippen molar-refractivity contribution in [1.29, 1.82) is 0 Å². The summed E-state index contributed by atoms with van der Waals surface area (Å²) in [5.74, 6) is 0.622. The normalized spacial score (nSPS) is 15.5. The molecule has 0 aromatic heterocycles. The van der Waals surface area contributed by atoms with Crippen LogP contribution in [0.1, 0.15) is 17.3 Å². The van der Waals surface area contributed by atoms with Crippen molar-refractivity contribution in [1.82, 2.24) is 0 Å². The van der Waals surface area contributed by atoms with Crippen LogP contribution in [0.5, 0.6) is 5.75 Å². The third kappa shape index (κ3) is 3.60. The van der Waals surface area contributed by atoms with Crippen molar-refractivity contribution in [2.24, 2.45) is 10.7 Å². The number of hydrogen-bond acceptors (Lipinski definition) is 5. The molecule has 1 aliphatic heterocycles. The van der Waals surface area contributed by atoms with E-state index in [2.05, 4.69) is 4.99 Å². The van der Waals surface area contributed by atoms with E-state index in [1.165, 1.54) is 0 Å². The lowest BCUT2D eigenvalue weighted by atomic mass is 10.1. The number of nitrogen functional groups attached to an aromatic ring is 1. The highest BCUT2D eigenvalue weighted by Crippen LogP contribution is 2.36. The van der Waals surface area contributed by atoms with E-state index in [4.69, 9.17) is 27.8 Å². The van der Waals surface area contributed by atoms with Gasteiger partial charge in [-0.05, 0) is 42.0 Å². The number of anilines is 2. The van der Waals surface area contributed by atoms with Crippen molar-refractivity contribution in [3.63, 3.8) is 0 Å². The van der Waals surface area contributed by atoms with Gasteiger partial charge in [0.1, 0.15) is 18.5 Å². The Morgan fingerprint density at radius 2 is 1.85 bits per heavy atom. The lowest BCUT2D eigenvalue weighted by Gasteiger charge is -2.31. The Bertz CT molecular complexity index is 991. The molecule has 3 aromatic carbocycles. The van der Waals surface area contributed by atoms with E-state index >= 15 is 0 Å². The number of hydrogen-bond donors (Lipinski definition) is 2. The van der Waals surface area contributed by atoms with Crippen LogP contribution in [-0.4, -0.2) is 6.34 Å². The van der Waals surface area contributed by atoms with Crippen LogP contribution in [0.2, 0.25) is 5.02 Å². The Kier molecular flexibility index (Phi) is 4.71. The molecule has 0 spiro atoms. The number of nitrogens with two attached hydrogens (primary N) is 2. The summed E-state index contributed by atoms with van der Waals surface area (Å²) in [6.45, 7) is 0.456. The molecule has 1 unspecified atom stereocenters. The van der Waals surface area contributed by atoms with Crippen LogP contribution in [0.3, 0.4) is 0 Å². The highest BCUT2D eigenvalue weighted by atomic mass is 35.5. The lowest BCUT2D eigenvalue weighted by Crippen LogP contribution is -2.35. The summed E-state index contributed by atoms with van der Waals surface area (Å²) >= 11 is 6.43. The van der Waals surface area contributed by atoms with Crippen LogP contribution < -0.4 is 21.1 Å². The SMILES string of the molecule is Nc1ccc2c(c1)C(N)N(c1ccc(OCc3ccccc3)c(Cl)c1)C=N2. The number of rotatable bonds is 4. The van der Waals surface area contributed by atoms with E-state index in [1.54, 1.807) is 6.34 Å². The van der Waals surface area contributed by atoms with Crippen molar-refractivity contribution in [3.8, 4) is 5.75 Å². The van der Waals surface area contributed by atoms with Crippen molar-refractivity contribution < 1.29 is 4.74 Å². The zero-order valence-corrected chi connectivity index (χ0v) is 15.3. The van der Waals surface area contributed by atoms with Gasteiger partial charge in [0.15, 0.2) is 0 Å². The first-order valence-electron chi connectivity index (χ1n) is 8.55. The molecule has 0 saturated heterocycles. The summed E-state index contributed by atoms with van der Waals surface area (Å²) < 4.78 is 5.83. The molecular formula is C21H19ClN4O. The minimum Gasteiger partial charge on any atom is -0.487 e. The van der Waals surface area contributed by atoms with E-state index in [-0.39, 0.29) is 0 Å². The van der Waals surface area contributed by atoms with Crippen LogP contribution in [0.4, 0.5) is 17.1 Å². The fourth-order valence-electron chi connectivity index (χ4n) is 3.00. The molecule has 1 atom stereocenters. The molecule has 6 heteroatoms. The molecule has 3 aromatic rings. The smallest absolute Gasteiger partial charge is 0.138 e. The van der Waals surface area contributed by atoms with Crippen molar-refractivity contribution in [2.45, 2.75) is 12.8 Å². The molecule has 136 valence electrons. The number of benzene rings is 3. The highest BCUT2D eigenvalue weighted by Gasteiger charge is 2.23. The Balaban J connectivity index is 1.54. The van der Waals surface area contributed by atoms with Gasteiger partial charge in [-0.1, -0.05) is 41.9 Å². The van der Waals surface area contributed by atoms with Gasteiger partial charge in [0.2, 0.25) is 0 Å². The van der Waals surface area contributed by atoms with E-state index in [1.807, 2.05) is 71.6 Å². The molecule has 0 saturated carbocycles. The van der Waals surface area contributed by atoms with Gasteiger partial charge in [0.05, 0.1) is 17.0 Å². The average Bonchev–Trinajstić information content (AvgIpc) is 2.68. The van der Waals surface area contributed by atoms with Crippen molar-refractivity contribution >= 4 is 35.0 Å². The molecule has 0 aliphatic carbocycles. The number of aliphatic imine (C=N–C) groups is 1. The van der Waals surface area contributed by atoms with E-state index in [9.17, 15) is 0 Å². The van der Waals surface area contributed by atoms with Crippen molar-refractivity contribution in [3.05, 3.63) is 82.9 Å². The lowest BCUT2D eigenvalue weighted by molar-refractivity contribution is 0.306. The largest absolute Gasteiger partial charge is 0.487 e. The third-order valence-electron chi connectivity index (χ3n) is 4.44. The third-order valence-corrected chi connectivity index (χ3v) is 4.74. The summed E-state index contributed by atoms with van der Waals surface area (Å²) in [7, 11) is 0. The van der Waals surface area contributed by atoms with Gasteiger partial charge in [0, 0.05) is 16.9 Å². The monoisotopic (exact) mass is 378 g/mol. The van der Waals surface area contributed by atoms with Crippen LogP contribution in [0, 0.1) is 0 Å². The van der Waals surface area contributed by atoms with Gasteiger partial charge in [-0.3, -0.25) is 0 Å². The van der Waals surface area contributed by atoms with Gasteiger partial charge < -0.3 is 21.1 Å². The van der Waals surface area contributed by atoms with E-state index in [0.29, 0.717) is 23.1 Å². The van der Waals surface area contributed by atoms with Crippen molar-refractivity contribution in [2.75, 3.05) is 10.6 Å². The molecule has 4 rings (SSSR count). The summed E-state index contributed by atoms with van der Waals surface area (Å²) in [6.07, 6.45) is 1.31. The van der Waals surface area contributed by atoms with Crippen LogP contribution in [0.25, 0.3) is 0 Å². The average molecular weight is 379 g/mol. The number of fused-ring (bicyclic) bond motifs is 1. The molecule has 27 heavy (non-hydrogen) atoms. The molecular weight excluding hydrogens is 360 g/mol. The maximum Gasteiger partial charge on any atom is 0.138 e. The minimum absolute atomic E-state index is 0.395. The maximum absolute atomic E-state index is 6.43. The molecule has 0 amide bonds. The predicted octanol–water partition coefficient (Wildman–Crippen LogP) is 4.64. The summed E-state index contributed by atoms with van der Waals surface area (Å²) in [6, 6.07) is 21.1. The second kappa shape index (κ2) is 7.31. The Labute approximate surface area is 162 Å². The summed E-state index contributed by atoms with van der Waals surface area (Å²) in [5.41, 5.74) is 16.6. The first-order chi connectivity index (χ1) is 13.1. The van der Waals surface area contributed by atoms with Crippen LogP contribution >= 0.6 is 11.6 Å². The second-order valence-corrected chi connectivity index (χ2v) is 6.71. The quantitative estimate of drug-likeness (QED) is 0.648. The van der Waals surface area contributed by atoms with Crippen LogP contribution in [0.15, 0.2) is 71.7 Å². The minimum atomic E-state index is -0.395. The molecule has 1 heterocycles. The number of ether oxygens (including phenoxy) is 1. The molecule has 1 aliphatic rings. The van der Waals surface area contributed by atoms with E-state index in [0.717, 1.165) is 22.5 Å². The van der Waals surface area contributed by atoms with E-state index < -0.39 is 6.17 Å². The Morgan fingerprint density at radius 1 is 1.04 bits per heavy atom. The Morgan fingerprint density at radius 3 is 2.63 bits per heavy atom. The number of nitrogens with zero attached hydrogens (tertiary/aromatic N) is 2. The van der Waals surface area contributed by atoms with Crippen LogP contribution in [-0.2, 0) is 6.61 Å². The molecule has 4 N–H and O–H groups in total. The maximum atomic E-state index is 6.43. The molecule has 0 fully saturated rings. The van der Waals surface area contributed by atoms with Gasteiger partial charge in [-0.25, -0.2) is 4.99 Å². The summed E-state index contributed by atoms with van der Waals surface area (Å²) in [4.78, 5) is 6.32. The predicted molar refractivity (Wildman–Crippen MR) is 111 cm³/mol. The topological polar surface area (TPSA) is 76.9 Å². The fraction of sp³-hybridized carbons (Fsp3) is 0.0952. The Hall–Kier alpha value is -3.02. The van der Waals surface area contributed by atoms with Gasteiger partial charge in [-0.2, -0.15) is 0 Å². The van der Waals surface area contributed by atoms with Gasteiger partial charge in [-0.15, -0.1) is 0 Å². The molecule has 5 nitrogen and oxygen atoms in total. The molecule has 0 radical (unpaired) electrons. The molecule has 0 bridgehead atoms. The first-order valence-corrected chi connectivity index (χ1v) is 8.93. The fourth-order valence-corrected chi connectivity index (χ4v) is 3.23. The summed E-state index contributed by atoms with van der Waals surface area (Å²) in [5, 5.41) is 0.516. The first kappa shape index (κ1) is 17.4.